The van der Waals surface area contributed by atoms with E-state index in [-0.39, 0.29) is 11.3 Å². The van der Waals surface area contributed by atoms with Gasteiger partial charge in [-0.15, -0.1) is 0 Å². The first-order chi connectivity index (χ1) is 12.6. The van der Waals surface area contributed by atoms with Gasteiger partial charge in [-0.05, 0) is 26.2 Å². The molecule has 0 bridgehead atoms. The number of carbonyl (C=O) groups is 1. The predicted molar refractivity (Wildman–Crippen MR) is 97.3 cm³/mol. The standard InChI is InChI=1S/C19H24N6O/c1-15-9-23-16(10-22-15)12-25-14-19(5-3-18(25)26)4-2-8-24(13-19)17-11-20-6-7-21-17/h6-7,9-11H,2-5,8,12-14H2,1H3. The quantitative estimate of drug-likeness (QED) is 0.841. The summed E-state index contributed by atoms with van der Waals surface area (Å²) in [4.78, 5) is 34.1. The first-order valence-corrected chi connectivity index (χ1v) is 9.20. The number of likely N-dealkylation sites (tertiary alicyclic amines) is 1. The van der Waals surface area contributed by atoms with Crippen LogP contribution in [0.2, 0.25) is 0 Å². The van der Waals surface area contributed by atoms with Crippen LogP contribution in [0, 0.1) is 12.3 Å². The van der Waals surface area contributed by atoms with E-state index in [1.54, 1.807) is 24.8 Å². The van der Waals surface area contributed by atoms with Crippen molar-refractivity contribution in [3.63, 3.8) is 0 Å². The first-order valence-electron chi connectivity index (χ1n) is 9.20. The van der Waals surface area contributed by atoms with Gasteiger partial charge in [0.25, 0.3) is 0 Å². The summed E-state index contributed by atoms with van der Waals surface area (Å²) >= 11 is 0. The summed E-state index contributed by atoms with van der Waals surface area (Å²) in [6.07, 6.45) is 12.6. The highest BCUT2D eigenvalue weighted by atomic mass is 16.2. The third kappa shape index (κ3) is 3.52. The summed E-state index contributed by atoms with van der Waals surface area (Å²) in [5, 5.41) is 0. The van der Waals surface area contributed by atoms with Gasteiger partial charge in [-0.1, -0.05) is 0 Å². The largest absolute Gasteiger partial charge is 0.355 e. The number of amides is 1. The van der Waals surface area contributed by atoms with Crippen molar-refractivity contribution in [2.75, 3.05) is 24.5 Å². The molecule has 7 nitrogen and oxygen atoms in total. The van der Waals surface area contributed by atoms with Crippen LogP contribution in [0.15, 0.2) is 31.0 Å². The van der Waals surface area contributed by atoms with Crippen LogP contribution >= 0.6 is 0 Å². The van der Waals surface area contributed by atoms with Crippen LogP contribution in [0.25, 0.3) is 0 Å². The highest BCUT2D eigenvalue weighted by Gasteiger charge is 2.42. The van der Waals surface area contributed by atoms with Crippen LogP contribution in [-0.2, 0) is 11.3 Å². The van der Waals surface area contributed by atoms with Crippen molar-refractivity contribution in [2.45, 2.75) is 39.2 Å². The molecule has 2 saturated heterocycles. The minimum absolute atomic E-state index is 0.127. The van der Waals surface area contributed by atoms with Crippen LogP contribution in [0.1, 0.15) is 37.1 Å². The fourth-order valence-electron chi connectivity index (χ4n) is 4.13. The van der Waals surface area contributed by atoms with Crippen molar-refractivity contribution in [3.05, 3.63) is 42.4 Å². The van der Waals surface area contributed by atoms with Gasteiger partial charge in [0.1, 0.15) is 5.82 Å². The Labute approximate surface area is 153 Å². The number of carbonyl (C=O) groups excluding carboxylic acids is 1. The number of aromatic nitrogens is 4. The monoisotopic (exact) mass is 352 g/mol. The van der Waals surface area contributed by atoms with E-state index in [0.717, 1.165) is 56.1 Å². The van der Waals surface area contributed by atoms with Gasteiger partial charge in [-0.3, -0.25) is 19.7 Å². The molecule has 4 rings (SSSR count). The average Bonchev–Trinajstić information content (AvgIpc) is 2.68. The van der Waals surface area contributed by atoms with Crippen molar-refractivity contribution < 1.29 is 4.79 Å². The minimum atomic E-state index is 0.127. The average molecular weight is 352 g/mol. The summed E-state index contributed by atoms with van der Waals surface area (Å²) < 4.78 is 0. The maximum Gasteiger partial charge on any atom is 0.222 e. The second-order valence-electron chi connectivity index (χ2n) is 7.49. The zero-order valence-electron chi connectivity index (χ0n) is 15.1. The Morgan fingerprint density at radius 2 is 2.00 bits per heavy atom. The molecule has 1 spiro atoms. The molecule has 2 aromatic rings. The Balaban J connectivity index is 1.49. The van der Waals surface area contributed by atoms with Gasteiger partial charge in [0.15, 0.2) is 0 Å². The molecule has 0 aliphatic carbocycles. The van der Waals surface area contributed by atoms with Gasteiger partial charge in [-0.25, -0.2) is 4.98 Å². The van der Waals surface area contributed by atoms with E-state index >= 15 is 0 Å². The lowest BCUT2D eigenvalue weighted by molar-refractivity contribution is -0.138. The normalized spacial score (nSPS) is 23.5. The molecule has 2 fully saturated rings. The van der Waals surface area contributed by atoms with E-state index < -0.39 is 0 Å². The smallest absolute Gasteiger partial charge is 0.222 e. The first kappa shape index (κ1) is 16.9. The highest BCUT2D eigenvalue weighted by Crippen LogP contribution is 2.40. The lowest BCUT2D eigenvalue weighted by Gasteiger charge is -2.48. The van der Waals surface area contributed by atoms with E-state index in [9.17, 15) is 4.79 Å². The molecular weight excluding hydrogens is 328 g/mol. The molecule has 26 heavy (non-hydrogen) atoms. The second-order valence-corrected chi connectivity index (χ2v) is 7.49. The third-order valence-electron chi connectivity index (χ3n) is 5.47. The maximum absolute atomic E-state index is 12.5. The topological polar surface area (TPSA) is 75.1 Å². The Bertz CT molecular complexity index is 765. The van der Waals surface area contributed by atoms with Crippen LogP contribution in [-0.4, -0.2) is 50.4 Å². The fraction of sp³-hybridized carbons (Fsp3) is 0.526. The molecule has 0 N–H and O–H groups in total. The van der Waals surface area contributed by atoms with Gasteiger partial charge in [0, 0.05) is 50.1 Å². The molecule has 2 aliphatic rings. The lowest BCUT2D eigenvalue weighted by Crippen LogP contribution is -2.54. The summed E-state index contributed by atoms with van der Waals surface area (Å²) in [6.45, 7) is 5.16. The summed E-state index contributed by atoms with van der Waals surface area (Å²) in [5.74, 6) is 1.15. The lowest BCUT2D eigenvalue weighted by atomic mass is 9.73. The van der Waals surface area contributed by atoms with E-state index in [2.05, 4.69) is 24.8 Å². The van der Waals surface area contributed by atoms with E-state index in [0.29, 0.717) is 13.0 Å². The summed E-state index contributed by atoms with van der Waals surface area (Å²) in [7, 11) is 0. The van der Waals surface area contributed by atoms with Crippen molar-refractivity contribution in [1.82, 2.24) is 24.8 Å². The van der Waals surface area contributed by atoms with Gasteiger partial charge in [0.05, 0.1) is 30.3 Å². The number of rotatable bonds is 3. The molecule has 0 aromatic carbocycles. The molecule has 1 amide bonds. The van der Waals surface area contributed by atoms with E-state index in [4.69, 9.17) is 0 Å². The highest BCUT2D eigenvalue weighted by molar-refractivity contribution is 5.77. The molecule has 0 radical (unpaired) electrons. The SMILES string of the molecule is Cc1cnc(CN2CC3(CCCN(c4cnccn4)C3)CCC2=O)cn1. The number of hydrogen-bond acceptors (Lipinski definition) is 6. The number of nitrogens with zero attached hydrogens (tertiary/aromatic N) is 6. The Kier molecular flexibility index (Phi) is 4.53. The van der Waals surface area contributed by atoms with Gasteiger partial charge < -0.3 is 9.80 Å². The molecule has 4 heterocycles. The van der Waals surface area contributed by atoms with Crippen molar-refractivity contribution in [2.24, 2.45) is 5.41 Å². The zero-order chi connectivity index (χ0) is 18.0. The summed E-state index contributed by atoms with van der Waals surface area (Å²) in [5.41, 5.74) is 1.87. The number of aryl methyl sites for hydroxylation is 1. The Hall–Kier alpha value is -2.57. The van der Waals surface area contributed by atoms with Crippen LogP contribution < -0.4 is 4.90 Å². The van der Waals surface area contributed by atoms with Gasteiger partial charge in [0.2, 0.25) is 5.91 Å². The van der Waals surface area contributed by atoms with Gasteiger partial charge >= 0.3 is 0 Å². The fourth-order valence-corrected chi connectivity index (χ4v) is 4.13. The molecule has 1 unspecified atom stereocenters. The maximum atomic E-state index is 12.5. The molecule has 1 atom stereocenters. The molecule has 7 heteroatoms. The zero-order valence-corrected chi connectivity index (χ0v) is 15.1. The van der Waals surface area contributed by atoms with Crippen LogP contribution in [0.5, 0.6) is 0 Å². The molecule has 136 valence electrons. The van der Waals surface area contributed by atoms with Gasteiger partial charge in [-0.2, -0.15) is 0 Å². The molecule has 2 aromatic heterocycles. The summed E-state index contributed by atoms with van der Waals surface area (Å²) in [6, 6.07) is 0. The van der Waals surface area contributed by atoms with Crippen molar-refractivity contribution >= 4 is 11.7 Å². The van der Waals surface area contributed by atoms with Crippen LogP contribution in [0.4, 0.5) is 5.82 Å². The Morgan fingerprint density at radius 3 is 2.77 bits per heavy atom. The second kappa shape index (κ2) is 6.97. The minimum Gasteiger partial charge on any atom is -0.355 e. The molecule has 0 saturated carbocycles. The molecule has 2 aliphatic heterocycles. The van der Waals surface area contributed by atoms with E-state index in [1.165, 1.54) is 0 Å². The molecular formula is C19H24N6O. The van der Waals surface area contributed by atoms with Crippen molar-refractivity contribution in [1.29, 1.82) is 0 Å². The third-order valence-corrected chi connectivity index (χ3v) is 5.47. The van der Waals surface area contributed by atoms with Crippen LogP contribution in [0.3, 0.4) is 0 Å². The number of anilines is 1. The predicted octanol–water partition coefficient (Wildman–Crippen LogP) is 1.98. The van der Waals surface area contributed by atoms with E-state index in [1.807, 2.05) is 18.0 Å². The number of piperidine rings is 2. The van der Waals surface area contributed by atoms with Crippen molar-refractivity contribution in [3.8, 4) is 0 Å². The Morgan fingerprint density at radius 1 is 1.08 bits per heavy atom. The number of hydrogen-bond donors (Lipinski definition) is 0.